The first-order valence-corrected chi connectivity index (χ1v) is 8.58. The Bertz CT molecular complexity index is 883. The number of aliphatic hydroxyl groups excluding tert-OH is 2. The van der Waals surface area contributed by atoms with Crippen molar-refractivity contribution < 1.29 is 10.2 Å². The van der Waals surface area contributed by atoms with Gasteiger partial charge in [-0.1, -0.05) is 35.3 Å². The molecule has 5 nitrogen and oxygen atoms in total. The number of benzene rings is 2. The van der Waals surface area contributed by atoms with Gasteiger partial charge in [0.2, 0.25) is 0 Å². The molecule has 7 heteroatoms. The summed E-state index contributed by atoms with van der Waals surface area (Å²) in [6.07, 6.45) is 0. The van der Waals surface area contributed by atoms with Crippen molar-refractivity contribution in [3.63, 3.8) is 0 Å². The van der Waals surface area contributed by atoms with E-state index < -0.39 is 0 Å². The van der Waals surface area contributed by atoms with E-state index >= 15 is 0 Å². The molecule has 1 aromatic heterocycles. The Labute approximate surface area is 155 Å². The van der Waals surface area contributed by atoms with E-state index in [4.69, 9.17) is 23.2 Å². The molecule has 0 fully saturated rings. The number of anilines is 1. The van der Waals surface area contributed by atoms with Crippen LogP contribution in [-0.2, 0) is 0 Å². The highest BCUT2D eigenvalue weighted by Gasteiger charge is 2.16. The zero-order valence-corrected chi connectivity index (χ0v) is 14.9. The minimum atomic E-state index is -0.0463. The average molecular weight is 378 g/mol. The van der Waals surface area contributed by atoms with Crippen LogP contribution in [0.5, 0.6) is 0 Å². The number of aromatic nitrogens is 2. The maximum absolute atomic E-state index is 9.36. The monoisotopic (exact) mass is 377 g/mol. The van der Waals surface area contributed by atoms with Crippen molar-refractivity contribution in [2.75, 3.05) is 31.2 Å². The van der Waals surface area contributed by atoms with Gasteiger partial charge < -0.3 is 15.1 Å². The Balaban J connectivity index is 2.21. The molecule has 0 amide bonds. The second-order valence-electron chi connectivity index (χ2n) is 5.45. The van der Waals surface area contributed by atoms with E-state index in [0.717, 1.165) is 10.9 Å². The normalized spacial score (nSPS) is 11.0. The van der Waals surface area contributed by atoms with Gasteiger partial charge >= 0.3 is 0 Å². The average Bonchev–Trinajstić information content (AvgIpc) is 2.60. The van der Waals surface area contributed by atoms with Gasteiger partial charge in [0.15, 0.2) is 5.82 Å². The highest BCUT2D eigenvalue weighted by Crippen LogP contribution is 2.32. The highest BCUT2D eigenvalue weighted by atomic mass is 35.5. The smallest absolute Gasteiger partial charge is 0.163 e. The molecule has 0 aliphatic heterocycles. The summed E-state index contributed by atoms with van der Waals surface area (Å²) in [5.74, 6) is 1.12. The molecule has 1 heterocycles. The SMILES string of the molecule is OCCN(CCO)c1nc(-c2ccc(Cl)cc2Cl)nc2ccccc12. The third-order valence-electron chi connectivity index (χ3n) is 3.79. The largest absolute Gasteiger partial charge is 0.395 e. The third kappa shape index (κ3) is 3.85. The molecular formula is C18H17Cl2N3O2. The molecular weight excluding hydrogens is 361 g/mol. The molecule has 130 valence electrons. The second-order valence-corrected chi connectivity index (χ2v) is 6.29. The molecule has 25 heavy (non-hydrogen) atoms. The zero-order chi connectivity index (χ0) is 17.8. The number of halogens is 2. The number of hydrogen-bond acceptors (Lipinski definition) is 5. The van der Waals surface area contributed by atoms with Crippen LogP contribution in [0.15, 0.2) is 42.5 Å². The Kier molecular flexibility index (Phi) is 5.71. The molecule has 0 unspecified atom stereocenters. The summed E-state index contributed by atoms with van der Waals surface area (Å²) in [7, 11) is 0. The first-order valence-electron chi connectivity index (χ1n) is 7.83. The van der Waals surface area contributed by atoms with Gasteiger partial charge in [-0.2, -0.15) is 0 Å². The fraction of sp³-hybridized carbons (Fsp3) is 0.222. The molecule has 0 atom stereocenters. The lowest BCUT2D eigenvalue weighted by molar-refractivity contribution is 0.281. The quantitative estimate of drug-likeness (QED) is 0.688. The van der Waals surface area contributed by atoms with Gasteiger partial charge in [0, 0.05) is 29.1 Å². The number of hydrogen-bond donors (Lipinski definition) is 2. The topological polar surface area (TPSA) is 69.5 Å². The van der Waals surface area contributed by atoms with Crippen molar-refractivity contribution in [2.45, 2.75) is 0 Å². The molecule has 0 bridgehead atoms. The fourth-order valence-corrected chi connectivity index (χ4v) is 3.15. The van der Waals surface area contributed by atoms with E-state index in [9.17, 15) is 10.2 Å². The molecule has 3 rings (SSSR count). The summed E-state index contributed by atoms with van der Waals surface area (Å²) in [6, 6.07) is 12.8. The van der Waals surface area contributed by atoms with Gasteiger partial charge in [0.05, 0.1) is 23.8 Å². The Hall–Kier alpha value is -1.92. The minimum Gasteiger partial charge on any atom is -0.395 e. The van der Waals surface area contributed by atoms with Crippen LogP contribution in [0.1, 0.15) is 0 Å². The number of aliphatic hydroxyl groups is 2. The highest BCUT2D eigenvalue weighted by molar-refractivity contribution is 6.36. The van der Waals surface area contributed by atoms with E-state index in [1.54, 1.807) is 18.2 Å². The van der Waals surface area contributed by atoms with Crippen molar-refractivity contribution in [1.29, 1.82) is 0 Å². The van der Waals surface area contributed by atoms with Crippen LogP contribution in [0.3, 0.4) is 0 Å². The van der Waals surface area contributed by atoms with Gasteiger partial charge in [-0.3, -0.25) is 0 Å². The van der Waals surface area contributed by atoms with Crippen LogP contribution in [0.2, 0.25) is 10.0 Å². The van der Waals surface area contributed by atoms with Crippen molar-refractivity contribution in [3.05, 3.63) is 52.5 Å². The zero-order valence-electron chi connectivity index (χ0n) is 13.4. The van der Waals surface area contributed by atoms with Gasteiger partial charge in [0.1, 0.15) is 5.82 Å². The van der Waals surface area contributed by atoms with E-state index in [1.165, 1.54) is 0 Å². The van der Waals surface area contributed by atoms with Crippen molar-refractivity contribution >= 4 is 39.9 Å². The molecule has 2 N–H and O–H groups in total. The minimum absolute atomic E-state index is 0.0463. The third-order valence-corrected chi connectivity index (χ3v) is 4.34. The van der Waals surface area contributed by atoms with Crippen LogP contribution >= 0.6 is 23.2 Å². The van der Waals surface area contributed by atoms with Crippen LogP contribution in [0.4, 0.5) is 5.82 Å². The number of para-hydroxylation sites is 1. The summed E-state index contributed by atoms with van der Waals surface area (Å²) in [5.41, 5.74) is 1.43. The van der Waals surface area contributed by atoms with Crippen molar-refractivity contribution in [3.8, 4) is 11.4 Å². The predicted octanol–water partition coefficient (Wildman–Crippen LogP) is 3.39. The van der Waals surface area contributed by atoms with Crippen LogP contribution in [0, 0.1) is 0 Å². The number of rotatable bonds is 6. The maximum atomic E-state index is 9.36. The van der Waals surface area contributed by atoms with E-state index in [0.29, 0.717) is 40.3 Å². The first kappa shape index (κ1) is 17.9. The first-order chi connectivity index (χ1) is 12.1. The Morgan fingerprint density at radius 3 is 2.32 bits per heavy atom. The lowest BCUT2D eigenvalue weighted by Crippen LogP contribution is -2.30. The molecule has 2 aromatic carbocycles. The lowest BCUT2D eigenvalue weighted by Gasteiger charge is -2.23. The fourth-order valence-electron chi connectivity index (χ4n) is 2.66. The standard InChI is InChI=1S/C18H17Cl2N3O2/c19-12-5-6-13(15(20)11-12)17-21-16-4-2-1-3-14(16)18(22-17)23(7-9-24)8-10-25/h1-6,11,24-25H,7-10H2. The van der Waals surface area contributed by atoms with Crippen LogP contribution in [-0.4, -0.2) is 46.5 Å². The summed E-state index contributed by atoms with van der Waals surface area (Å²) in [4.78, 5) is 11.1. The molecule has 0 saturated heterocycles. The van der Waals surface area contributed by atoms with Gasteiger partial charge in [0.25, 0.3) is 0 Å². The molecule has 0 radical (unpaired) electrons. The van der Waals surface area contributed by atoms with Gasteiger partial charge in [-0.05, 0) is 30.3 Å². The summed E-state index contributed by atoms with van der Waals surface area (Å²) < 4.78 is 0. The molecule has 0 saturated carbocycles. The summed E-state index contributed by atoms with van der Waals surface area (Å²) >= 11 is 12.3. The Morgan fingerprint density at radius 1 is 0.920 bits per heavy atom. The van der Waals surface area contributed by atoms with Gasteiger partial charge in [-0.25, -0.2) is 9.97 Å². The second kappa shape index (κ2) is 7.97. The summed E-state index contributed by atoms with van der Waals surface area (Å²) in [6.45, 7) is 0.620. The molecule has 0 spiro atoms. The van der Waals surface area contributed by atoms with Crippen LogP contribution < -0.4 is 4.90 Å². The van der Waals surface area contributed by atoms with Crippen LogP contribution in [0.25, 0.3) is 22.3 Å². The van der Waals surface area contributed by atoms with Crippen molar-refractivity contribution in [1.82, 2.24) is 9.97 Å². The van der Waals surface area contributed by atoms with E-state index in [1.807, 2.05) is 29.2 Å². The molecule has 0 aliphatic rings. The number of fused-ring (bicyclic) bond motifs is 1. The molecule has 0 aliphatic carbocycles. The van der Waals surface area contributed by atoms with Crippen molar-refractivity contribution in [2.24, 2.45) is 0 Å². The summed E-state index contributed by atoms with van der Waals surface area (Å²) in [5, 5.41) is 20.6. The Morgan fingerprint density at radius 2 is 1.64 bits per heavy atom. The number of nitrogens with zero attached hydrogens (tertiary/aromatic N) is 3. The molecule has 3 aromatic rings. The maximum Gasteiger partial charge on any atom is 0.163 e. The van der Waals surface area contributed by atoms with E-state index in [-0.39, 0.29) is 13.2 Å². The van der Waals surface area contributed by atoms with Gasteiger partial charge in [-0.15, -0.1) is 0 Å². The lowest BCUT2D eigenvalue weighted by atomic mass is 10.1. The van der Waals surface area contributed by atoms with E-state index in [2.05, 4.69) is 9.97 Å². The predicted molar refractivity (Wildman–Crippen MR) is 101 cm³/mol.